The van der Waals surface area contributed by atoms with Crippen LogP contribution in [0.4, 0.5) is 18.9 Å². The number of hydrogen-bond acceptors (Lipinski definition) is 2. The monoisotopic (exact) mass is 322 g/mol. The fourth-order valence-electron chi connectivity index (χ4n) is 2.14. The normalized spacial score (nSPS) is 12.7. The van der Waals surface area contributed by atoms with Crippen LogP contribution in [0.25, 0.3) is 0 Å². The Morgan fingerprint density at radius 3 is 2.30 bits per heavy atom. The first-order chi connectivity index (χ1) is 10.9. The molecule has 0 bridgehead atoms. The van der Waals surface area contributed by atoms with E-state index >= 15 is 0 Å². The molecule has 1 amide bonds. The van der Waals surface area contributed by atoms with E-state index in [4.69, 9.17) is 0 Å². The minimum Gasteiger partial charge on any atom is -0.324 e. The zero-order valence-corrected chi connectivity index (χ0v) is 12.5. The summed E-state index contributed by atoms with van der Waals surface area (Å²) in [6.45, 7) is 1.80. The highest BCUT2D eigenvalue weighted by Gasteiger charge is 2.33. The number of carbonyl (C=O) groups excluding carboxylic acids is 1. The van der Waals surface area contributed by atoms with Crippen molar-refractivity contribution in [2.24, 2.45) is 0 Å². The fraction of sp³-hybridized carbons (Fsp3) is 0.235. The molecule has 0 spiro atoms. The number of halogens is 3. The molecule has 6 heteroatoms. The number of alkyl halides is 3. The summed E-state index contributed by atoms with van der Waals surface area (Å²) < 4.78 is 38.6. The molecule has 0 saturated heterocycles. The van der Waals surface area contributed by atoms with Gasteiger partial charge in [-0.3, -0.25) is 4.79 Å². The van der Waals surface area contributed by atoms with E-state index in [0.717, 1.165) is 11.6 Å². The average molecular weight is 322 g/mol. The summed E-state index contributed by atoms with van der Waals surface area (Å²) in [5.74, 6) is -0.524. The Labute approximate surface area is 132 Å². The van der Waals surface area contributed by atoms with E-state index in [2.05, 4.69) is 10.6 Å². The van der Waals surface area contributed by atoms with Crippen molar-refractivity contribution in [2.45, 2.75) is 19.1 Å². The van der Waals surface area contributed by atoms with Crippen LogP contribution in [-0.2, 0) is 11.0 Å². The van der Waals surface area contributed by atoms with E-state index in [1.807, 2.05) is 37.3 Å². The van der Waals surface area contributed by atoms with Gasteiger partial charge >= 0.3 is 6.18 Å². The second kappa shape index (κ2) is 7.28. The number of anilines is 1. The van der Waals surface area contributed by atoms with Crippen LogP contribution in [0.5, 0.6) is 0 Å². The number of carbonyl (C=O) groups is 1. The van der Waals surface area contributed by atoms with Gasteiger partial charge in [0.2, 0.25) is 5.91 Å². The Balaban J connectivity index is 1.96. The Kier molecular flexibility index (Phi) is 5.39. The average Bonchev–Trinajstić information content (AvgIpc) is 2.53. The molecule has 0 aliphatic rings. The van der Waals surface area contributed by atoms with Crippen LogP contribution in [0.3, 0.4) is 0 Å². The lowest BCUT2D eigenvalue weighted by Crippen LogP contribution is -2.30. The molecule has 0 aliphatic carbocycles. The molecule has 2 aromatic carbocycles. The predicted molar refractivity (Wildman–Crippen MR) is 82.9 cm³/mol. The molecule has 3 nitrogen and oxygen atoms in total. The summed E-state index contributed by atoms with van der Waals surface area (Å²) >= 11 is 0. The third kappa shape index (κ3) is 4.82. The largest absolute Gasteiger partial charge is 0.418 e. The van der Waals surface area contributed by atoms with Crippen molar-refractivity contribution < 1.29 is 18.0 Å². The predicted octanol–water partition coefficient (Wildman–Crippen LogP) is 3.99. The zero-order valence-electron chi connectivity index (χ0n) is 12.5. The van der Waals surface area contributed by atoms with Crippen LogP contribution in [0, 0.1) is 0 Å². The first-order valence-corrected chi connectivity index (χ1v) is 7.12. The molecule has 23 heavy (non-hydrogen) atoms. The van der Waals surface area contributed by atoms with Crippen LogP contribution < -0.4 is 10.6 Å². The lowest BCUT2D eigenvalue weighted by molar-refractivity contribution is -0.137. The van der Waals surface area contributed by atoms with Gasteiger partial charge in [-0.05, 0) is 24.6 Å². The summed E-state index contributed by atoms with van der Waals surface area (Å²) in [6.07, 6.45) is -4.51. The summed E-state index contributed by atoms with van der Waals surface area (Å²) in [5.41, 5.74) is -0.0976. The van der Waals surface area contributed by atoms with E-state index in [1.54, 1.807) is 0 Å². The molecule has 0 saturated carbocycles. The van der Waals surface area contributed by atoms with Gasteiger partial charge in [0.25, 0.3) is 0 Å². The number of para-hydroxylation sites is 1. The molecule has 0 radical (unpaired) electrons. The van der Waals surface area contributed by atoms with Crippen LogP contribution in [-0.4, -0.2) is 12.5 Å². The summed E-state index contributed by atoms with van der Waals surface area (Å²) in [6, 6.07) is 14.3. The Bertz CT molecular complexity index is 656. The van der Waals surface area contributed by atoms with Gasteiger partial charge in [-0.2, -0.15) is 13.2 Å². The standard InChI is InChI=1S/C17H17F3N2O/c1-12(13-7-3-2-4-8-13)21-11-16(23)22-15-10-6-5-9-14(15)17(18,19)20/h2-10,12,21H,11H2,1H3,(H,22,23)/t12-/m1/s1. The van der Waals surface area contributed by atoms with Gasteiger partial charge in [0.15, 0.2) is 0 Å². The molecule has 0 aliphatic heterocycles. The van der Waals surface area contributed by atoms with Gasteiger partial charge in [-0.1, -0.05) is 42.5 Å². The van der Waals surface area contributed by atoms with Crippen LogP contribution in [0.2, 0.25) is 0 Å². The number of amides is 1. The molecule has 0 aromatic heterocycles. The maximum absolute atomic E-state index is 12.9. The molecule has 1 atom stereocenters. The van der Waals surface area contributed by atoms with E-state index in [0.29, 0.717) is 0 Å². The Morgan fingerprint density at radius 1 is 1.04 bits per heavy atom. The van der Waals surface area contributed by atoms with Crippen molar-refractivity contribution in [3.05, 3.63) is 65.7 Å². The van der Waals surface area contributed by atoms with E-state index < -0.39 is 17.6 Å². The molecular formula is C17H17F3N2O. The highest BCUT2D eigenvalue weighted by Crippen LogP contribution is 2.34. The van der Waals surface area contributed by atoms with Gasteiger partial charge in [-0.15, -0.1) is 0 Å². The smallest absolute Gasteiger partial charge is 0.324 e. The highest BCUT2D eigenvalue weighted by atomic mass is 19.4. The summed E-state index contributed by atoms with van der Waals surface area (Å²) in [4.78, 5) is 11.9. The maximum atomic E-state index is 12.9. The molecule has 122 valence electrons. The number of hydrogen-bond donors (Lipinski definition) is 2. The molecule has 2 N–H and O–H groups in total. The van der Waals surface area contributed by atoms with Crippen molar-refractivity contribution >= 4 is 11.6 Å². The summed E-state index contributed by atoms with van der Waals surface area (Å²) in [7, 11) is 0. The van der Waals surface area contributed by atoms with Crippen LogP contribution in [0.1, 0.15) is 24.1 Å². The molecule has 0 heterocycles. The zero-order chi connectivity index (χ0) is 16.9. The van der Waals surface area contributed by atoms with Crippen molar-refractivity contribution in [3.63, 3.8) is 0 Å². The highest BCUT2D eigenvalue weighted by molar-refractivity contribution is 5.93. The SMILES string of the molecule is C[C@@H](NCC(=O)Nc1ccccc1C(F)(F)F)c1ccccc1. The van der Waals surface area contributed by atoms with Gasteiger partial charge in [0.05, 0.1) is 17.8 Å². The quantitative estimate of drug-likeness (QED) is 0.874. The van der Waals surface area contributed by atoms with Gasteiger partial charge in [0.1, 0.15) is 0 Å². The minimum absolute atomic E-state index is 0.0811. The van der Waals surface area contributed by atoms with Crippen molar-refractivity contribution in [1.82, 2.24) is 5.32 Å². The number of benzene rings is 2. The van der Waals surface area contributed by atoms with Crippen molar-refractivity contribution in [2.75, 3.05) is 11.9 Å². The first kappa shape index (κ1) is 17.0. The lowest BCUT2D eigenvalue weighted by atomic mass is 10.1. The second-order valence-corrected chi connectivity index (χ2v) is 5.10. The molecule has 2 aromatic rings. The number of nitrogens with one attached hydrogen (secondary N) is 2. The fourth-order valence-corrected chi connectivity index (χ4v) is 2.14. The number of rotatable bonds is 5. The third-order valence-corrected chi connectivity index (χ3v) is 3.37. The topological polar surface area (TPSA) is 41.1 Å². The Morgan fingerprint density at radius 2 is 1.65 bits per heavy atom. The molecule has 2 rings (SSSR count). The van der Waals surface area contributed by atoms with E-state index in [9.17, 15) is 18.0 Å². The lowest BCUT2D eigenvalue weighted by Gasteiger charge is -2.16. The maximum Gasteiger partial charge on any atom is 0.418 e. The van der Waals surface area contributed by atoms with Crippen molar-refractivity contribution in [1.29, 1.82) is 0 Å². The van der Waals surface area contributed by atoms with Crippen molar-refractivity contribution in [3.8, 4) is 0 Å². The van der Waals surface area contributed by atoms with Crippen LogP contribution >= 0.6 is 0 Å². The first-order valence-electron chi connectivity index (χ1n) is 7.12. The molecule has 0 fully saturated rings. The Hall–Kier alpha value is -2.34. The molecular weight excluding hydrogens is 305 g/mol. The second-order valence-electron chi connectivity index (χ2n) is 5.10. The van der Waals surface area contributed by atoms with Gasteiger partial charge < -0.3 is 10.6 Å². The molecule has 0 unspecified atom stereocenters. The van der Waals surface area contributed by atoms with Crippen LogP contribution in [0.15, 0.2) is 54.6 Å². The van der Waals surface area contributed by atoms with E-state index in [-0.39, 0.29) is 18.3 Å². The van der Waals surface area contributed by atoms with E-state index in [1.165, 1.54) is 18.2 Å². The van der Waals surface area contributed by atoms with Gasteiger partial charge in [-0.25, -0.2) is 0 Å². The third-order valence-electron chi connectivity index (χ3n) is 3.37. The van der Waals surface area contributed by atoms with Gasteiger partial charge in [0, 0.05) is 6.04 Å². The minimum atomic E-state index is -4.51. The summed E-state index contributed by atoms with van der Waals surface area (Å²) in [5, 5.41) is 5.29.